The van der Waals surface area contributed by atoms with Crippen molar-refractivity contribution in [1.29, 1.82) is 0 Å². The van der Waals surface area contributed by atoms with Gasteiger partial charge in [0.2, 0.25) is 0 Å². The van der Waals surface area contributed by atoms with Gasteiger partial charge in [-0.15, -0.1) is 0 Å². The number of non-ortho nitro benzene ring substituents is 1. The molecule has 0 amide bonds. The van der Waals surface area contributed by atoms with Crippen molar-refractivity contribution in [3.8, 4) is 16.9 Å². The molecule has 0 aliphatic heterocycles. The predicted octanol–water partition coefficient (Wildman–Crippen LogP) is 7.70. The van der Waals surface area contributed by atoms with Crippen LogP contribution in [-0.2, 0) is 17.6 Å². The summed E-state index contributed by atoms with van der Waals surface area (Å²) in [5.74, 6) is 0.637. The molecule has 182 valence electrons. The maximum absolute atomic E-state index is 11.2. The van der Waals surface area contributed by atoms with Gasteiger partial charge in [-0.1, -0.05) is 56.7 Å². The van der Waals surface area contributed by atoms with Gasteiger partial charge >= 0.3 is 0 Å². The summed E-state index contributed by atoms with van der Waals surface area (Å²) in [7, 11) is 0. The highest BCUT2D eigenvalue weighted by atomic mass is 16.6. The first kappa shape index (κ1) is 27.1. The van der Waals surface area contributed by atoms with Gasteiger partial charge in [0.05, 0.1) is 4.92 Å². The molecule has 0 aliphatic carbocycles. The predicted molar refractivity (Wildman–Crippen MR) is 140 cm³/mol. The van der Waals surface area contributed by atoms with Crippen molar-refractivity contribution >= 4 is 5.69 Å². The van der Waals surface area contributed by atoms with Crippen molar-refractivity contribution in [2.45, 2.75) is 59.3 Å². The highest BCUT2D eigenvalue weighted by Gasteiger charge is 2.13. The van der Waals surface area contributed by atoms with Gasteiger partial charge in [-0.05, 0) is 85.0 Å². The summed E-state index contributed by atoms with van der Waals surface area (Å²) in [6.45, 7) is 9.99. The number of ether oxygens (including phenoxy) is 1. The van der Waals surface area contributed by atoms with E-state index in [4.69, 9.17) is 4.74 Å². The molecule has 1 atom stereocenters. The van der Waals surface area contributed by atoms with E-state index < -0.39 is 0 Å². The second-order valence-corrected chi connectivity index (χ2v) is 8.38. The molecule has 0 saturated carbocycles. The van der Waals surface area contributed by atoms with E-state index in [0.29, 0.717) is 5.92 Å². The summed E-state index contributed by atoms with van der Waals surface area (Å²) >= 11 is 0. The number of phenolic OH excluding ortho intramolecular Hbond substituents is 1. The lowest BCUT2D eigenvalue weighted by Crippen LogP contribution is -1.99. The second-order valence-electron chi connectivity index (χ2n) is 8.38. The molecule has 5 heteroatoms. The third-order valence-corrected chi connectivity index (χ3v) is 5.78. The molecule has 0 bridgehead atoms. The van der Waals surface area contributed by atoms with Crippen LogP contribution in [0.4, 0.5) is 5.69 Å². The summed E-state index contributed by atoms with van der Waals surface area (Å²) in [6, 6.07) is 21.0. The molecule has 0 fully saturated rings. The van der Waals surface area contributed by atoms with E-state index in [1.54, 1.807) is 24.3 Å². The zero-order chi connectivity index (χ0) is 24.9. The molecule has 5 nitrogen and oxygen atoms in total. The molecule has 0 aromatic heterocycles. The third-order valence-electron chi connectivity index (χ3n) is 5.78. The fraction of sp³-hybridized carbons (Fsp3) is 0.379. The molecule has 0 radical (unpaired) electrons. The van der Waals surface area contributed by atoms with Crippen molar-refractivity contribution in [2.75, 3.05) is 13.2 Å². The van der Waals surface area contributed by atoms with E-state index in [2.05, 4.69) is 38.1 Å². The first-order valence-corrected chi connectivity index (χ1v) is 12.1. The molecule has 1 N–H and O–H groups in total. The van der Waals surface area contributed by atoms with Crippen LogP contribution in [0, 0.1) is 10.1 Å². The van der Waals surface area contributed by atoms with Gasteiger partial charge in [0.1, 0.15) is 5.75 Å². The number of aromatic hydroxyl groups is 1. The maximum Gasteiger partial charge on any atom is 0.269 e. The Morgan fingerprint density at radius 3 is 2.12 bits per heavy atom. The molecule has 3 aromatic carbocycles. The Hall–Kier alpha value is -3.18. The first-order chi connectivity index (χ1) is 16.4. The lowest BCUT2D eigenvalue weighted by Gasteiger charge is -2.14. The van der Waals surface area contributed by atoms with Crippen LogP contribution in [0.1, 0.15) is 63.1 Å². The van der Waals surface area contributed by atoms with Gasteiger partial charge in [-0.25, -0.2) is 0 Å². The quantitative estimate of drug-likeness (QED) is 0.247. The monoisotopic (exact) mass is 463 g/mol. The summed E-state index contributed by atoms with van der Waals surface area (Å²) in [5, 5.41) is 20.6. The summed E-state index contributed by atoms with van der Waals surface area (Å²) in [6.07, 6.45) is 3.80. The minimum atomic E-state index is -0.326. The Morgan fingerprint density at radius 2 is 1.59 bits per heavy atom. The second kappa shape index (κ2) is 14.2. The minimum absolute atomic E-state index is 0.152. The molecule has 0 heterocycles. The van der Waals surface area contributed by atoms with Crippen LogP contribution < -0.4 is 0 Å². The molecular formula is C29H37NO4. The fourth-order valence-corrected chi connectivity index (χ4v) is 3.85. The van der Waals surface area contributed by atoms with Crippen molar-refractivity contribution in [1.82, 2.24) is 0 Å². The molecule has 0 aliphatic rings. The molecular weight excluding hydrogens is 426 g/mol. The van der Waals surface area contributed by atoms with Gasteiger partial charge in [0, 0.05) is 25.3 Å². The Kier molecular flexibility index (Phi) is 11.3. The van der Waals surface area contributed by atoms with Crippen LogP contribution in [-0.4, -0.2) is 23.2 Å². The number of unbranched alkanes of at least 4 members (excludes halogenated alkanes) is 1. The Bertz CT molecular complexity index is 1010. The zero-order valence-electron chi connectivity index (χ0n) is 20.8. The zero-order valence-corrected chi connectivity index (χ0v) is 20.8. The summed E-state index contributed by atoms with van der Waals surface area (Å²) in [5.41, 5.74) is 5.79. The Balaban J connectivity index is 0.000000739. The van der Waals surface area contributed by atoms with Crippen molar-refractivity contribution in [3.63, 3.8) is 0 Å². The highest BCUT2D eigenvalue weighted by molar-refractivity contribution is 5.69. The number of hydrogen-bond acceptors (Lipinski definition) is 4. The summed E-state index contributed by atoms with van der Waals surface area (Å²) < 4.78 is 4.83. The first-order valence-electron chi connectivity index (χ1n) is 12.1. The Morgan fingerprint density at radius 1 is 0.941 bits per heavy atom. The van der Waals surface area contributed by atoms with Gasteiger partial charge in [0.15, 0.2) is 0 Å². The Labute approximate surface area is 203 Å². The maximum atomic E-state index is 11.2. The smallest absolute Gasteiger partial charge is 0.269 e. The van der Waals surface area contributed by atoms with Gasteiger partial charge in [0.25, 0.3) is 5.69 Å². The topological polar surface area (TPSA) is 72.6 Å². The number of hydrogen-bond donors (Lipinski definition) is 1. The van der Waals surface area contributed by atoms with E-state index in [9.17, 15) is 15.2 Å². The molecule has 0 saturated heterocycles. The van der Waals surface area contributed by atoms with Gasteiger partial charge < -0.3 is 9.84 Å². The normalized spacial score (nSPS) is 11.4. The van der Waals surface area contributed by atoms with Crippen LogP contribution in [0.2, 0.25) is 0 Å². The average molecular weight is 464 g/mol. The number of nitro groups is 1. The number of nitrogens with zero attached hydrogens (tertiary/aromatic N) is 1. The largest absolute Gasteiger partial charge is 0.508 e. The number of benzene rings is 3. The van der Waals surface area contributed by atoms with E-state index in [0.717, 1.165) is 55.6 Å². The number of nitro benzene ring substituents is 1. The molecule has 1 unspecified atom stereocenters. The van der Waals surface area contributed by atoms with E-state index in [-0.39, 0.29) is 16.4 Å². The number of phenols is 1. The van der Waals surface area contributed by atoms with Crippen LogP contribution in [0.25, 0.3) is 11.1 Å². The lowest BCUT2D eigenvalue weighted by molar-refractivity contribution is -0.384. The molecule has 3 aromatic rings. The average Bonchev–Trinajstić information content (AvgIpc) is 2.85. The van der Waals surface area contributed by atoms with Crippen molar-refractivity contribution < 1.29 is 14.8 Å². The van der Waals surface area contributed by atoms with E-state index >= 15 is 0 Å². The van der Waals surface area contributed by atoms with E-state index in [1.165, 1.54) is 11.1 Å². The minimum Gasteiger partial charge on any atom is -0.508 e. The molecule has 3 rings (SSSR count). The van der Waals surface area contributed by atoms with Crippen LogP contribution >= 0.6 is 0 Å². The molecule has 0 spiro atoms. The van der Waals surface area contributed by atoms with Crippen LogP contribution in [0.5, 0.6) is 5.75 Å². The molecule has 34 heavy (non-hydrogen) atoms. The highest BCUT2D eigenvalue weighted by Crippen LogP contribution is 2.30. The van der Waals surface area contributed by atoms with Crippen molar-refractivity contribution in [2.24, 2.45) is 0 Å². The van der Waals surface area contributed by atoms with Crippen LogP contribution in [0.3, 0.4) is 0 Å². The fourth-order valence-electron chi connectivity index (χ4n) is 3.85. The number of aryl methyl sites for hydroxylation is 1. The number of rotatable bonds is 10. The SMILES string of the molecule is CCCCc1cc([N+](=O)[O-])ccc1-c1ccc(C(C)Cc2ccc(O)cc2)cc1.CCOCC. The summed E-state index contributed by atoms with van der Waals surface area (Å²) in [4.78, 5) is 10.8. The van der Waals surface area contributed by atoms with Gasteiger partial charge in [-0.2, -0.15) is 0 Å². The van der Waals surface area contributed by atoms with Gasteiger partial charge in [-0.3, -0.25) is 10.1 Å². The lowest BCUT2D eigenvalue weighted by atomic mass is 9.90. The standard InChI is InChI=1S/C25H27NO3.C4H10O/c1-3-4-5-22-17-23(26(28)29)12-15-25(22)21-10-8-20(9-11-21)18(2)16-19-6-13-24(27)14-7-19;1-3-5-4-2/h6-15,17-18,27H,3-5,16H2,1-2H3;3-4H2,1-2H3. The third kappa shape index (κ3) is 8.31. The van der Waals surface area contributed by atoms with E-state index in [1.807, 2.05) is 32.0 Å². The van der Waals surface area contributed by atoms with Crippen molar-refractivity contribution in [3.05, 3.63) is 93.5 Å². The van der Waals surface area contributed by atoms with Crippen LogP contribution in [0.15, 0.2) is 66.7 Å².